The molecule has 90 valence electrons. The number of rotatable bonds is 3. The van der Waals surface area contributed by atoms with Gasteiger partial charge in [-0.2, -0.15) is 0 Å². The summed E-state index contributed by atoms with van der Waals surface area (Å²) >= 11 is 5.90. The first-order chi connectivity index (χ1) is 7.72. The Kier molecular flexibility index (Phi) is 3.93. The summed E-state index contributed by atoms with van der Waals surface area (Å²) in [6.07, 6.45) is 7.02. The molecule has 2 nitrogen and oxygen atoms in total. The van der Waals surface area contributed by atoms with Gasteiger partial charge in [0.05, 0.1) is 12.4 Å². The van der Waals surface area contributed by atoms with Crippen molar-refractivity contribution in [3.63, 3.8) is 0 Å². The lowest BCUT2D eigenvalue weighted by Crippen LogP contribution is -2.21. The highest BCUT2D eigenvalue weighted by Gasteiger charge is 2.29. The highest BCUT2D eigenvalue weighted by atomic mass is 35.5. The van der Waals surface area contributed by atoms with Crippen molar-refractivity contribution in [3.8, 4) is 0 Å². The third kappa shape index (κ3) is 2.44. The van der Waals surface area contributed by atoms with E-state index in [1.165, 1.54) is 19.3 Å². The Morgan fingerprint density at radius 1 is 1.56 bits per heavy atom. The summed E-state index contributed by atoms with van der Waals surface area (Å²) in [7, 11) is 0. The summed E-state index contributed by atoms with van der Waals surface area (Å²) in [6.45, 7) is 2.23. The van der Waals surface area contributed by atoms with Crippen molar-refractivity contribution in [2.75, 3.05) is 0 Å². The van der Waals surface area contributed by atoms with E-state index in [1.54, 1.807) is 12.3 Å². The average molecular weight is 243 g/mol. The number of hydrogen-bond acceptors (Lipinski definition) is 2. The minimum absolute atomic E-state index is 0.339. The van der Waals surface area contributed by atoms with Crippen LogP contribution < -0.4 is 0 Å². The van der Waals surface area contributed by atoms with E-state index in [4.69, 9.17) is 16.0 Å². The van der Waals surface area contributed by atoms with Crippen LogP contribution in [0, 0.1) is 11.8 Å². The lowest BCUT2D eigenvalue weighted by Gasteiger charge is -2.31. The summed E-state index contributed by atoms with van der Waals surface area (Å²) < 4.78 is 5.04. The molecule has 0 spiro atoms. The molecule has 0 bridgehead atoms. The number of aliphatic hydroxyl groups is 1. The van der Waals surface area contributed by atoms with Crippen LogP contribution in [0.25, 0.3) is 0 Å². The molecule has 0 aromatic carbocycles. The zero-order valence-corrected chi connectivity index (χ0v) is 10.4. The van der Waals surface area contributed by atoms with Crippen LogP contribution in [0.5, 0.6) is 0 Å². The Labute approximate surface area is 102 Å². The van der Waals surface area contributed by atoms with Gasteiger partial charge in [-0.25, -0.2) is 0 Å². The van der Waals surface area contributed by atoms with Crippen LogP contribution in [0.15, 0.2) is 16.7 Å². The van der Waals surface area contributed by atoms with Gasteiger partial charge in [-0.15, -0.1) is 0 Å². The molecule has 1 aliphatic carbocycles. The molecule has 1 fully saturated rings. The largest absolute Gasteiger partial charge is 0.453 e. The van der Waals surface area contributed by atoms with E-state index in [9.17, 15) is 5.11 Å². The topological polar surface area (TPSA) is 33.4 Å². The maximum atomic E-state index is 10.3. The normalized spacial score (nSPS) is 27.9. The highest BCUT2D eigenvalue weighted by molar-refractivity contribution is 6.29. The Morgan fingerprint density at radius 3 is 3.00 bits per heavy atom. The Bertz CT molecular complexity index is 334. The van der Waals surface area contributed by atoms with Crippen molar-refractivity contribution < 1.29 is 9.52 Å². The first kappa shape index (κ1) is 12.0. The van der Waals surface area contributed by atoms with Gasteiger partial charge in [0.1, 0.15) is 0 Å². The number of furan rings is 1. The molecule has 1 heterocycles. The van der Waals surface area contributed by atoms with Gasteiger partial charge >= 0.3 is 0 Å². The van der Waals surface area contributed by atoms with Crippen molar-refractivity contribution in [3.05, 3.63) is 23.1 Å². The fraction of sp³-hybridized carbons (Fsp3) is 0.692. The van der Waals surface area contributed by atoms with Gasteiger partial charge < -0.3 is 9.52 Å². The molecule has 1 N–H and O–H groups in total. The maximum absolute atomic E-state index is 10.3. The van der Waals surface area contributed by atoms with Gasteiger partial charge in [-0.1, -0.05) is 26.2 Å². The zero-order chi connectivity index (χ0) is 11.5. The minimum Gasteiger partial charge on any atom is -0.453 e. The Hall–Kier alpha value is -0.470. The maximum Gasteiger partial charge on any atom is 0.198 e. The molecule has 1 saturated carbocycles. The van der Waals surface area contributed by atoms with Crippen molar-refractivity contribution in [2.24, 2.45) is 11.8 Å². The van der Waals surface area contributed by atoms with E-state index in [2.05, 4.69) is 6.92 Å². The molecule has 2 rings (SSSR count). The van der Waals surface area contributed by atoms with Crippen LogP contribution in [0.3, 0.4) is 0 Å². The Balaban J connectivity index is 2.04. The molecule has 1 aromatic heterocycles. The molecule has 0 amide bonds. The molecule has 0 saturated heterocycles. The van der Waals surface area contributed by atoms with Gasteiger partial charge in [0.2, 0.25) is 0 Å². The summed E-state index contributed by atoms with van der Waals surface area (Å²) in [6, 6.07) is 1.78. The molecule has 3 atom stereocenters. The van der Waals surface area contributed by atoms with Crippen molar-refractivity contribution >= 4 is 11.6 Å². The second kappa shape index (κ2) is 5.24. The van der Waals surface area contributed by atoms with E-state index < -0.39 is 6.10 Å². The quantitative estimate of drug-likeness (QED) is 0.863. The summed E-state index contributed by atoms with van der Waals surface area (Å²) in [5.74, 6) is 1.10. The molecule has 3 heteroatoms. The third-order valence-corrected chi connectivity index (χ3v) is 4.12. The fourth-order valence-electron chi connectivity index (χ4n) is 2.76. The van der Waals surface area contributed by atoms with E-state index in [1.807, 2.05) is 0 Å². The first-order valence-corrected chi connectivity index (χ1v) is 6.51. The number of hydrogen-bond donors (Lipinski definition) is 1. The summed E-state index contributed by atoms with van der Waals surface area (Å²) in [5, 5.41) is 10.6. The number of aliphatic hydroxyl groups excluding tert-OH is 1. The monoisotopic (exact) mass is 242 g/mol. The van der Waals surface area contributed by atoms with Gasteiger partial charge in [-0.05, 0) is 42.3 Å². The first-order valence-electron chi connectivity index (χ1n) is 6.13. The van der Waals surface area contributed by atoms with Gasteiger partial charge in [0.15, 0.2) is 5.22 Å². The smallest absolute Gasteiger partial charge is 0.198 e. The van der Waals surface area contributed by atoms with Crippen molar-refractivity contribution in [1.82, 2.24) is 0 Å². The highest BCUT2D eigenvalue weighted by Crippen LogP contribution is 2.40. The van der Waals surface area contributed by atoms with Crippen LogP contribution in [-0.2, 0) is 0 Å². The van der Waals surface area contributed by atoms with Crippen LogP contribution in [-0.4, -0.2) is 5.11 Å². The Morgan fingerprint density at radius 2 is 2.38 bits per heavy atom. The van der Waals surface area contributed by atoms with E-state index in [0.717, 1.165) is 24.3 Å². The average Bonchev–Trinajstić information content (AvgIpc) is 2.74. The van der Waals surface area contributed by atoms with Crippen LogP contribution >= 0.6 is 11.6 Å². The summed E-state index contributed by atoms with van der Waals surface area (Å²) in [5.41, 5.74) is 0.753. The molecule has 0 aliphatic heterocycles. The second-order valence-corrected chi connectivity index (χ2v) is 5.14. The van der Waals surface area contributed by atoms with Crippen LogP contribution in [0.1, 0.15) is 50.7 Å². The van der Waals surface area contributed by atoms with Gasteiger partial charge in [0, 0.05) is 5.56 Å². The van der Waals surface area contributed by atoms with E-state index in [0.29, 0.717) is 11.1 Å². The van der Waals surface area contributed by atoms with Gasteiger partial charge in [-0.3, -0.25) is 0 Å². The predicted octanol–water partition coefficient (Wildman–Crippen LogP) is 4.18. The lowest BCUT2D eigenvalue weighted by atomic mass is 9.76. The number of halogens is 1. The second-order valence-electron chi connectivity index (χ2n) is 4.80. The molecule has 16 heavy (non-hydrogen) atoms. The molecular weight excluding hydrogens is 224 g/mol. The molecule has 0 radical (unpaired) electrons. The van der Waals surface area contributed by atoms with Crippen LogP contribution in [0.2, 0.25) is 5.22 Å². The fourth-order valence-corrected chi connectivity index (χ4v) is 2.99. The van der Waals surface area contributed by atoms with Crippen LogP contribution in [0.4, 0.5) is 0 Å². The van der Waals surface area contributed by atoms with Crippen molar-refractivity contribution in [1.29, 1.82) is 0 Å². The lowest BCUT2D eigenvalue weighted by molar-refractivity contribution is 0.0674. The standard InChI is InChI=1S/C13H19ClO2/c1-2-9-4-3-5-10(8-9)12(15)11-6-7-16-13(11)14/h6-7,9-10,12,15H,2-5,8H2,1H3. The van der Waals surface area contributed by atoms with E-state index in [-0.39, 0.29) is 0 Å². The predicted molar refractivity (Wildman–Crippen MR) is 64.4 cm³/mol. The zero-order valence-electron chi connectivity index (χ0n) is 9.66. The molecule has 1 aromatic rings. The van der Waals surface area contributed by atoms with Gasteiger partial charge in [0.25, 0.3) is 0 Å². The minimum atomic E-state index is -0.458. The molecule has 3 unspecified atom stereocenters. The molecular formula is C13H19ClO2. The summed E-state index contributed by atoms with van der Waals surface area (Å²) in [4.78, 5) is 0. The van der Waals surface area contributed by atoms with E-state index >= 15 is 0 Å². The SMILES string of the molecule is CCC1CCCC(C(O)c2ccoc2Cl)C1. The molecule has 1 aliphatic rings. The third-order valence-electron chi connectivity index (χ3n) is 3.81. The van der Waals surface area contributed by atoms with Crippen molar-refractivity contribution in [2.45, 2.75) is 45.1 Å².